The molecular formula is C24H19AsN2O3. The Morgan fingerprint density at radius 3 is 2.60 bits per heavy atom. The van der Waals surface area contributed by atoms with Crippen LogP contribution >= 0.6 is 0 Å². The minimum absolute atomic E-state index is 0.186. The molecule has 4 aromatic rings. The Kier molecular flexibility index (Phi) is 5.84. The van der Waals surface area contributed by atoms with Gasteiger partial charge in [-0.1, -0.05) is 6.07 Å². The van der Waals surface area contributed by atoms with Crippen molar-refractivity contribution in [3.63, 3.8) is 0 Å². The van der Waals surface area contributed by atoms with Crippen molar-refractivity contribution in [1.82, 2.24) is 0 Å². The number of carbonyl (C=O) groups excluding carboxylic acids is 1. The second-order valence-electron chi connectivity index (χ2n) is 6.86. The fourth-order valence-electron chi connectivity index (χ4n) is 3.34. The summed E-state index contributed by atoms with van der Waals surface area (Å²) < 4.78 is 11.2. The van der Waals surface area contributed by atoms with Crippen molar-refractivity contribution in [3.05, 3.63) is 89.9 Å². The van der Waals surface area contributed by atoms with Gasteiger partial charge in [0.25, 0.3) is 0 Å². The van der Waals surface area contributed by atoms with Gasteiger partial charge in [0.1, 0.15) is 0 Å². The number of ether oxygens (including phenoxy) is 1. The number of hydrogen-bond donors (Lipinski definition) is 2. The first kappa shape index (κ1) is 20.1. The zero-order valence-corrected chi connectivity index (χ0v) is 18.2. The van der Waals surface area contributed by atoms with Crippen molar-refractivity contribution in [2.45, 2.75) is 6.61 Å². The van der Waals surface area contributed by atoms with Crippen LogP contribution in [0.4, 0.5) is 5.69 Å². The van der Waals surface area contributed by atoms with Gasteiger partial charge in [-0.05, 0) is 0 Å². The summed E-state index contributed by atoms with van der Waals surface area (Å²) in [4.78, 5) is 12.9. The van der Waals surface area contributed by atoms with Crippen molar-refractivity contribution in [2.24, 2.45) is 0 Å². The van der Waals surface area contributed by atoms with Gasteiger partial charge in [-0.3, -0.25) is 0 Å². The number of methoxy groups -OCH3 is 1. The molecule has 1 heterocycles. The van der Waals surface area contributed by atoms with Crippen LogP contribution in [0, 0.1) is 5.41 Å². The number of amides is 1. The summed E-state index contributed by atoms with van der Waals surface area (Å²) in [6, 6.07) is 20.8. The Morgan fingerprint density at radius 2 is 1.87 bits per heavy atom. The summed E-state index contributed by atoms with van der Waals surface area (Å²) in [6.45, 7) is 0.369. The topological polar surface area (TPSA) is 75.3 Å². The predicted molar refractivity (Wildman–Crippen MR) is 119 cm³/mol. The normalized spacial score (nSPS) is 10.9. The summed E-state index contributed by atoms with van der Waals surface area (Å²) in [5.41, 5.74) is 3.82. The second kappa shape index (κ2) is 8.70. The van der Waals surface area contributed by atoms with Gasteiger partial charge in [0, 0.05) is 0 Å². The number of carbonyl (C=O) groups is 1. The summed E-state index contributed by atoms with van der Waals surface area (Å²) in [7, 11) is 1.61. The first-order chi connectivity index (χ1) is 14.5. The van der Waals surface area contributed by atoms with E-state index in [1.807, 2.05) is 66.7 Å². The van der Waals surface area contributed by atoms with Crippen LogP contribution < -0.4 is 5.32 Å². The summed E-state index contributed by atoms with van der Waals surface area (Å²) in [6.07, 6.45) is 1.67. The minimum atomic E-state index is -0.186. The van der Waals surface area contributed by atoms with E-state index in [0.29, 0.717) is 22.4 Å². The molecule has 0 aliphatic rings. The molecule has 0 saturated carbocycles. The molecule has 5 nitrogen and oxygen atoms in total. The molecule has 4 rings (SSSR count). The second-order valence-corrected chi connectivity index (χ2v) is 7.80. The molecule has 30 heavy (non-hydrogen) atoms. The van der Waals surface area contributed by atoms with Gasteiger partial charge in [0.05, 0.1) is 0 Å². The molecule has 0 aliphatic heterocycles. The summed E-state index contributed by atoms with van der Waals surface area (Å²) >= 11 is 2.25. The molecule has 0 fully saturated rings. The van der Waals surface area contributed by atoms with E-state index in [1.165, 1.54) is 0 Å². The van der Waals surface area contributed by atoms with Crippen molar-refractivity contribution in [3.8, 4) is 11.1 Å². The quantitative estimate of drug-likeness (QED) is 0.316. The number of hydrogen-bond acceptors (Lipinski definition) is 4. The Labute approximate surface area is 183 Å². The van der Waals surface area contributed by atoms with Crippen LogP contribution in [0.15, 0.2) is 77.4 Å². The summed E-state index contributed by atoms with van der Waals surface area (Å²) in [5.74, 6) is 0.518. The SMILES string of the molecule is COCc1cc(-c2cc(C(=O)Nc3ccccc3)cc3ccc(C(=N)[As])cc23)co1. The van der Waals surface area contributed by atoms with E-state index in [2.05, 4.69) is 22.2 Å². The monoisotopic (exact) mass is 458 g/mol. The van der Waals surface area contributed by atoms with Crippen molar-refractivity contribution in [1.29, 1.82) is 5.41 Å². The molecule has 3 aromatic carbocycles. The van der Waals surface area contributed by atoms with Crippen LogP contribution in [0.1, 0.15) is 21.7 Å². The van der Waals surface area contributed by atoms with Gasteiger partial charge in [-0.25, -0.2) is 0 Å². The third-order valence-corrected chi connectivity index (χ3v) is 5.31. The van der Waals surface area contributed by atoms with Crippen molar-refractivity contribution in [2.75, 3.05) is 12.4 Å². The Hall–Kier alpha value is -3.14. The third kappa shape index (κ3) is 4.23. The molecule has 2 radical (unpaired) electrons. The number of fused-ring (bicyclic) bond motifs is 1. The van der Waals surface area contributed by atoms with Crippen LogP contribution in [-0.2, 0) is 11.3 Å². The average Bonchev–Trinajstić information content (AvgIpc) is 3.22. The van der Waals surface area contributed by atoms with E-state index in [1.54, 1.807) is 13.4 Å². The molecule has 0 bridgehead atoms. The number of rotatable bonds is 6. The van der Waals surface area contributed by atoms with Crippen molar-refractivity contribution >= 4 is 43.7 Å². The number of furan rings is 1. The molecular weight excluding hydrogens is 439 g/mol. The van der Waals surface area contributed by atoms with Crippen LogP contribution in [0.5, 0.6) is 0 Å². The fourth-order valence-corrected chi connectivity index (χ4v) is 3.63. The first-order valence-electron chi connectivity index (χ1n) is 9.34. The molecule has 1 amide bonds. The first-order valence-corrected chi connectivity index (χ1v) is 10.3. The van der Waals surface area contributed by atoms with E-state index < -0.39 is 0 Å². The zero-order valence-electron chi connectivity index (χ0n) is 16.3. The number of nitrogens with one attached hydrogen (secondary N) is 2. The molecule has 6 heteroatoms. The van der Waals surface area contributed by atoms with E-state index in [0.717, 1.165) is 33.2 Å². The van der Waals surface area contributed by atoms with Gasteiger partial charge in [-0.2, -0.15) is 0 Å². The van der Waals surface area contributed by atoms with Crippen LogP contribution in [0.3, 0.4) is 0 Å². The van der Waals surface area contributed by atoms with Gasteiger partial charge in [-0.15, -0.1) is 0 Å². The van der Waals surface area contributed by atoms with Gasteiger partial charge in [0.2, 0.25) is 0 Å². The molecule has 0 aliphatic carbocycles. The Balaban J connectivity index is 1.83. The van der Waals surface area contributed by atoms with E-state index in [-0.39, 0.29) is 5.91 Å². The predicted octanol–water partition coefficient (Wildman–Crippen LogP) is 4.99. The molecule has 0 unspecified atom stereocenters. The van der Waals surface area contributed by atoms with E-state index >= 15 is 0 Å². The van der Waals surface area contributed by atoms with E-state index in [9.17, 15) is 4.79 Å². The third-order valence-electron chi connectivity index (χ3n) is 4.77. The van der Waals surface area contributed by atoms with Crippen molar-refractivity contribution < 1.29 is 13.9 Å². The molecule has 0 spiro atoms. The molecule has 0 saturated heterocycles. The van der Waals surface area contributed by atoms with E-state index in [4.69, 9.17) is 14.6 Å². The average molecular weight is 458 g/mol. The number of benzene rings is 3. The summed E-state index contributed by atoms with van der Waals surface area (Å²) in [5, 5.41) is 12.8. The number of para-hydroxylation sites is 1. The van der Waals surface area contributed by atoms with Crippen LogP contribution in [0.2, 0.25) is 0 Å². The maximum atomic E-state index is 12.9. The standard InChI is InChI=1S/C24H19AsN2O3/c1-29-14-20-10-18(13-30-20)22-12-17(24(28)27-19-5-3-2-4-6-19)9-15-7-8-16(23(25)26)11-21(15)22/h2-13,26H,14H2,1H3,(H,27,28). The molecule has 2 N–H and O–H groups in total. The van der Waals surface area contributed by atoms with Gasteiger partial charge in [0.15, 0.2) is 0 Å². The Bertz CT molecular complexity index is 1230. The van der Waals surface area contributed by atoms with Gasteiger partial charge < -0.3 is 0 Å². The van der Waals surface area contributed by atoms with Gasteiger partial charge >= 0.3 is 177 Å². The molecule has 0 atom stereocenters. The molecule has 148 valence electrons. The fraction of sp³-hybridized carbons (Fsp3) is 0.0833. The molecule has 1 aromatic heterocycles. The zero-order chi connectivity index (χ0) is 21.1. The number of anilines is 1. The van der Waals surface area contributed by atoms with Crippen LogP contribution in [-0.4, -0.2) is 34.4 Å². The maximum absolute atomic E-state index is 12.9. The van der Waals surface area contributed by atoms with Crippen LogP contribution in [0.25, 0.3) is 21.9 Å². The Morgan fingerprint density at radius 1 is 1.07 bits per heavy atom.